The van der Waals surface area contributed by atoms with Gasteiger partial charge in [0.15, 0.2) is 0 Å². The van der Waals surface area contributed by atoms with Crippen molar-refractivity contribution in [1.82, 2.24) is 0 Å². The lowest BCUT2D eigenvalue weighted by atomic mass is 9.92. The molecule has 4 aromatic rings. The van der Waals surface area contributed by atoms with Crippen molar-refractivity contribution in [3.8, 4) is 11.1 Å². The Labute approximate surface area is 135 Å². The molecule has 2 N–H and O–H groups in total. The zero-order chi connectivity index (χ0) is 16.2. The summed E-state index contributed by atoms with van der Waals surface area (Å²) in [6.45, 7) is 0. The summed E-state index contributed by atoms with van der Waals surface area (Å²) in [5, 5.41) is 3.27. The average Bonchev–Trinajstić information content (AvgIpc) is 2.65. The van der Waals surface area contributed by atoms with Crippen molar-refractivity contribution in [1.29, 1.82) is 0 Å². The summed E-state index contributed by atoms with van der Waals surface area (Å²) in [5.41, 5.74) is 6.72. The van der Waals surface area contributed by atoms with Crippen LogP contribution in [0.3, 0.4) is 0 Å². The summed E-state index contributed by atoms with van der Waals surface area (Å²) in [6, 6.07) is 25.6. The lowest BCUT2D eigenvalue weighted by Crippen LogP contribution is -1.89. The third-order valence-corrected chi connectivity index (χ3v) is 3.93. The van der Waals surface area contributed by atoms with Crippen molar-refractivity contribution >= 4 is 21.5 Å². The fraction of sp³-hybridized carbons (Fsp3) is 0.0476. The maximum absolute atomic E-state index is 14.8. The first-order valence-electron chi connectivity index (χ1n) is 7.58. The van der Waals surface area contributed by atoms with Gasteiger partial charge < -0.3 is 5.73 Å². The molecule has 1 nitrogen and oxygen atoms in total. The van der Waals surface area contributed by atoms with E-state index in [2.05, 4.69) is 17.9 Å². The quantitative estimate of drug-likeness (QED) is 0.470. The van der Waals surface area contributed by atoms with Crippen molar-refractivity contribution in [2.24, 2.45) is 5.73 Å². The highest BCUT2D eigenvalue weighted by atomic mass is 19.1. The minimum Gasteiger partial charge on any atom is -0.333 e. The Balaban J connectivity index is 0.000000753. The van der Waals surface area contributed by atoms with E-state index in [1.165, 1.54) is 7.05 Å². The molecule has 0 heterocycles. The van der Waals surface area contributed by atoms with Gasteiger partial charge in [0.25, 0.3) is 0 Å². The van der Waals surface area contributed by atoms with E-state index in [9.17, 15) is 4.39 Å². The number of hydrogen-bond donors (Lipinski definition) is 1. The maximum Gasteiger partial charge on any atom is 0.138 e. The van der Waals surface area contributed by atoms with E-state index in [4.69, 9.17) is 0 Å². The van der Waals surface area contributed by atoms with E-state index in [1.54, 1.807) is 0 Å². The molecule has 114 valence electrons. The van der Waals surface area contributed by atoms with Crippen LogP contribution in [-0.4, -0.2) is 7.05 Å². The normalized spacial score (nSPS) is 10.4. The maximum atomic E-state index is 14.8. The molecule has 0 bridgehead atoms. The Bertz CT molecular complexity index is 889. The van der Waals surface area contributed by atoms with Crippen molar-refractivity contribution in [2.45, 2.75) is 0 Å². The van der Waals surface area contributed by atoms with E-state index in [0.29, 0.717) is 10.8 Å². The van der Waals surface area contributed by atoms with Crippen molar-refractivity contribution in [3.63, 3.8) is 0 Å². The lowest BCUT2D eigenvalue weighted by Gasteiger charge is -2.13. The molecular weight excluding hydrogens is 285 g/mol. The van der Waals surface area contributed by atoms with E-state index < -0.39 is 0 Å². The molecule has 2 heteroatoms. The largest absolute Gasteiger partial charge is 0.333 e. The second-order valence-electron chi connectivity index (χ2n) is 5.15. The Morgan fingerprint density at radius 2 is 0.957 bits per heavy atom. The zero-order valence-corrected chi connectivity index (χ0v) is 13.0. The molecule has 0 aromatic heterocycles. The van der Waals surface area contributed by atoms with Gasteiger partial charge in [-0.1, -0.05) is 78.9 Å². The van der Waals surface area contributed by atoms with Crippen LogP contribution in [0.5, 0.6) is 0 Å². The average molecular weight is 303 g/mol. The highest BCUT2D eigenvalue weighted by molar-refractivity contribution is 6.13. The van der Waals surface area contributed by atoms with Gasteiger partial charge >= 0.3 is 0 Å². The minimum atomic E-state index is -0.138. The molecule has 0 aliphatic carbocycles. The minimum absolute atomic E-state index is 0.138. The van der Waals surface area contributed by atoms with Gasteiger partial charge in [0.1, 0.15) is 5.82 Å². The molecule has 4 aromatic carbocycles. The van der Waals surface area contributed by atoms with Gasteiger partial charge in [-0.2, -0.15) is 0 Å². The number of hydrogen-bond acceptors (Lipinski definition) is 1. The summed E-state index contributed by atoms with van der Waals surface area (Å²) >= 11 is 0. The van der Waals surface area contributed by atoms with Crippen molar-refractivity contribution < 1.29 is 4.39 Å². The van der Waals surface area contributed by atoms with Crippen LogP contribution in [0.4, 0.5) is 4.39 Å². The first-order chi connectivity index (χ1) is 11.4. The molecule has 23 heavy (non-hydrogen) atoms. The van der Waals surface area contributed by atoms with E-state index in [-0.39, 0.29) is 5.82 Å². The molecule has 0 spiro atoms. The van der Waals surface area contributed by atoms with Gasteiger partial charge in [0.2, 0.25) is 0 Å². The molecule has 0 saturated heterocycles. The Kier molecular flexibility index (Phi) is 4.35. The van der Waals surface area contributed by atoms with Gasteiger partial charge in [-0.25, -0.2) is 4.39 Å². The molecule has 4 rings (SSSR count). The number of benzene rings is 4. The number of fused-ring (bicyclic) bond motifs is 2. The SMILES string of the molecule is CN.Fc1c2ccccc2c(-c2ccccc2)c2ccccc12. The predicted molar refractivity (Wildman–Crippen MR) is 97.0 cm³/mol. The highest BCUT2D eigenvalue weighted by Crippen LogP contribution is 2.38. The van der Waals surface area contributed by atoms with E-state index >= 15 is 0 Å². The predicted octanol–water partition coefficient (Wildman–Crippen LogP) is 5.37. The third kappa shape index (κ3) is 2.58. The zero-order valence-electron chi connectivity index (χ0n) is 13.0. The van der Waals surface area contributed by atoms with Crippen LogP contribution in [0.15, 0.2) is 78.9 Å². The van der Waals surface area contributed by atoms with Crippen molar-refractivity contribution in [2.75, 3.05) is 7.05 Å². The first-order valence-corrected chi connectivity index (χ1v) is 7.58. The Morgan fingerprint density at radius 3 is 1.43 bits per heavy atom. The summed E-state index contributed by atoms with van der Waals surface area (Å²) in [6.07, 6.45) is 0. The van der Waals surface area contributed by atoms with Gasteiger partial charge in [0.05, 0.1) is 0 Å². The first kappa shape index (κ1) is 15.2. The standard InChI is InChI=1S/C20H13F.CH5N/c21-20-17-12-6-4-10-15(17)19(14-8-2-1-3-9-14)16-11-5-7-13-18(16)20;1-2/h1-13H;2H2,1H3. The van der Waals surface area contributed by atoms with Crippen LogP contribution in [-0.2, 0) is 0 Å². The van der Waals surface area contributed by atoms with Gasteiger partial charge in [-0.05, 0) is 28.9 Å². The second-order valence-corrected chi connectivity index (χ2v) is 5.15. The van der Waals surface area contributed by atoms with Gasteiger partial charge in [-0.3, -0.25) is 0 Å². The van der Waals surface area contributed by atoms with Gasteiger partial charge in [-0.15, -0.1) is 0 Å². The highest BCUT2D eigenvalue weighted by Gasteiger charge is 2.14. The lowest BCUT2D eigenvalue weighted by molar-refractivity contribution is 0.651. The molecule has 0 aliphatic heterocycles. The summed E-state index contributed by atoms with van der Waals surface area (Å²) in [4.78, 5) is 0. The van der Waals surface area contributed by atoms with Crippen LogP contribution in [0, 0.1) is 5.82 Å². The topological polar surface area (TPSA) is 26.0 Å². The van der Waals surface area contributed by atoms with Crippen LogP contribution < -0.4 is 5.73 Å². The summed E-state index contributed by atoms with van der Waals surface area (Å²) in [7, 11) is 1.50. The molecule has 0 fully saturated rings. The fourth-order valence-corrected chi connectivity index (χ4v) is 2.99. The summed E-state index contributed by atoms with van der Waals surface area (Å²) in [5.74, 6) is -0.138. The molecule has 0 amide bonds. The number of nitrogens with two attached hydrogens (primary N) is 1. The Morgan fingerprint density at radius 1 is 0.565 bits per heavy atom. The molecular formula is C21H18FN. The van der Waals surface area contributed by atoms with E-state index in [1.807, 2.05) is 66.7 Å². The van der Waals surface area contributed by atoms with E-state index in [0.717, 1.165) is 21.9 Å². The number of rotatable bonds is 1. The van der Waals surface area contributed by atoms with Crippen LogP contribution in [0.2, 0.25) is 0 Å². The monoisotopic (exact) mass is 303 g/mol. The molecule has 0 saturated carbocycles. The smallest absolute Gasteiger partial charge is 0.138 e. The summed E-state index contributed by atoms with van der Waals surface area (Å²) < 4.78 is 14.8. The fourth-order valence-electron chi connectivity index (χ4n) is 2.99. The van der Waals surface area contributed by atoms with Crippen LogP contribution in [0.25, 0.3) is 32.7 Å². The molecule has 0 aliphatic rings. The third-order valence-electron chi connectivity index (χ3n) is 3.93. The molecule has 0 unspecified atom stereocenters. The number of halogens is 1. The molecule has 0 radical (unpaired) electrons. The molecule has 0 atom stereocenters. The van der Waals surface area contributed by atoms with Crippen molar-refractivity contribution in [3.05, 3.63) is 84.7 Å². The second kappa shape index (κ2) is 6.59. The van der Waals surface area contributed by atoms with Crippen LogP contribution in [0.1, 0.15) is 0 Å². The van der Waals surface area contributed by atoms with Crippen LogP contribution >= 0.6 is 0 Å². The Hall–Kier alpha value is -2.71. The van der Waals surface area contributed by atoms with Gasteiger partial charge in [0, 0.05) is 10.8 Å².